The number of nitrogens with one attached hydrogen (secondary N) is 1. The Kier molecular flexibility index (Phi) is 4.84. The SMILES string of the molecule is COc1cccc([C@@H]2Nc3ccccc3C(=O)N2c2ccc(Cl)cc2)c1OC. The van der Waals surface area contributed by atoms with Crippen LogP contribution in [0.25, 0.3) is 0 Å². The first-order chi connectivity index (χ1) is 13.6. The summed E-state index contributed by atoms with van der Waals surface area (Å²) in [6.45, 7) is 0. The number of carbonyl (C=O) groups is 1. The van der Waals surface area contributed by atoms with Gasteiger partial charge in [-0.05, 0) is 42.5 Å². The minimum atomic E-state index is -0.478. The number of benzene rings is 3. The molecule has 3 aromatic carbocycles. The predicted molar refractivity (Wildman–Crippen MR) is 111 cm³/mol. The summed E-state index contributed by atoms with van der Waals surface area (Å²) in [5.74, 6) is 1.07. The van der Waals surface area contributed by atoms with Gasteiger partial charge in [0, 0.05) is 22.0 Å². The number of anilines is 2. The van der Waals surface area contributed by atoms with Gasteiger partial charge in [-0.25, -0.2) is 0 Å². The summed E-state index contributed by atoms with van der Waals surface area (Å²) in [6.07, 6.45) is -0.478. The zero-order valence-electron chi connectivity index (χ0n) is 15.5. The van der Waals surface area contributed by atoms with Gasteiger partial charge < -0.3 is 14.8 Å². The monoisotopic (exact) mass is 394 g/mol. The molecule has 1 heterocycles. The average Bonchev–Trinajstić information content (AvgIpc) is 2.74. The first kappa shape index (κ1) is 18.2. The summed E-state index contributed by atoms with van der Waals surface area (Å²) in [6, 6.07) is 20.3. The fourth-order valence-electron chi connectivity index (χ4n) is 3.47. The van der Waals surface area contributed by atoms with Gasteiger partial charge in [-0.1, -0.05) is 35.9 Å². The van der Waals surface area contributed by atoms with Crippen LogP contribution in [0.1, 0.15) is 22.1 Å². The molecule has 1 amide bonds. The molecule has 0 fully saturated rings. The van der Waals surface area contributed by atoms with Crippen LogP contribution >= 0.6 is 11.6 Å². The number of methoxy groups -OCH3 is 2. The molecular formula is C22H19ClN2O3. The number of amides is 1. The van der Waals surface area contributed by atoms with Gasteiger partial charge in [0.15, 0.2) is 11.5 Å². The quantitative estimate of drug-likeness (QED) is 0.666. The molecule has 0 spiro atoms. The fourth-order valence-corrected chi connectivity index (χ4v) is 3.59. The Morgan fingerprint density at radius 1 is 0.929 bits per heavy atom. The molecule has 0 saturated carbocycles. The summed E-state index contributed by atoms with van der Waals surface area (Å²) in [5.41, 5.74) is 2.90. The maximum Gasteiger partial charge on any atom is 0.262 e. The van der Waals surface area contributed by atoms with Gasteiger partial charge in [0.05, 0.1) is 19.8 Å². The van der Waals surface area contributed by atoms with Crippen LogP contribution in [-0.2, 0) is 0 Å². The minimum absolute atomic E-state index is 0.105. The summed E-state index contributed by atoms with van der Waals surface area (Å²) in [7, 11) is 3.18. The van der Waals surface area contributed by atoms with Gasteiger partial charge in [-0.3, -0.25) is 9.69 Å². The summed E-state index contributed by atoms with van der Waals surface area (Å²) in [5, 5.41) is 4.08. The van der Waals surface area contributed by atoms with E-state index in [1.165, 1.54) is 0 Å². The molecule has 1 N–H and O–H groups in total. The summed E-state index contributed by atoms with van der Waals surface area (Å²) < 4.78 is 11.1. The molecule has 0 radical (unpaired) electrons. The lowest BCUT2D eigenvalue weighted by molar-refractivity contribution is 0.0974. The maximum absolute atomic E-state index is 13.4. The van der Waals surface area contributed by atoms with Crippen LogP contribution < -0.4 is 19.7 Å². The van der Waals surface area contributed by atoms with Crippen molar-refractivity contribution in [1.29, 1.82) is 0 Å². The van der Waals surface area contributed by atoms with Gasteiger partial charge in [-0.2, -0.15) is 0 Å². The van der Waals surface area contributed by atoms with E-state index in [4.69, 9.17) is 21.1 Å². The van der Waals surface area contributed by atoms with Crippen molar-refractivity contribution < 1.29 is 14.3 Å². The lowest BCUT2D eigenvalue weighted by Crippen LogP contribution is -2.43. The Hall–Kier alpha value is -3.18. The van der Waals surface area contributed by atoms with E-state index in [1.54, 1.807) is 31.3 Å². The van der Waals surface area contributed by atoms with E-state index in [9.17, 15) is 4.79 Å². The fraction of sp³-hybridized carbons (Fsp3) is 0.136. The van der Waals surface area contributed by atoms with Gasteiger partial charge in [0.1, 0.15) is 6.17 Å². The van der Waals surface area contributed by atoms with Gasteiger partial charge in [0.25, 0.3) is 5.91 Å². The number of rotatable bonds is 4. The average molecular weight is 395 g/mol. The molecule has 1 aliphatic rings. The van der Waals surface area contributed by atoms with Crippen LogP contribution in [0.4, 0.5) is 11.4 Å². The topological polar surface area (TPSA) is 50.8 Å². The van der Waals surface area contributed by atoms with E-state index in [2.05, 4.69) is 5.32 Å². The van der Waals surface area contributed by atoms with E-state index >= 15 is 0 Å². The largest absolute Gasteiger partial charge is 0.493 e. The Labute approximate surface area is 168 Å². The Morgan fingerprint density at radius 3 is 2.39 bits per heavy atom. The van der Waals surface area contributed by atoms with Crippen LogP contribution in [0.2, 0.25) is 5.02 Å². The zero-order valence-corrected chi connectivity index (χ0v) is 16.2. The molecule has 3 aromatic rings. The molecule has 0 unspecified atom stereocenters. The number of hydrogen-bond donors (Lipinski definition) is 1. The molecule has 1 atom stereocenters. The van der Waals surface area contributed by atoms with Crippen molar-refractivity contribution in [3.05, 3.63) is 82.9 Å². The highest BCUT2D eigenvalue weighted by molar-refractivity contribution is 6.30. The van der Waals surface area contributed by atoms with E-state index in [-0.39, 0.29) is 5.91 Å². The lowest BCUT2D eigenvalue weighted by atomic mass is 10.0. The van der Waals surface area contributed by atoms with Crippen molar-refractivity contribution in [2.75, 3.05) is 24.4 Å². The zero-order chi connectivity index (χ0) is 19.7. The molecule has 28 heavy (non-hydrogen) atoms. The highest BCUT2D eigenvalue weighted by Gasteiger charge is 2.36. The summed E-state index contributed by atoms with van der Waals surface area (Å²) in [4.78, 5) is 15.1. The third-order valence-electron chi connectivity index (χ3n) is 4.76. The number of halogens is 1. The lowest BCUT2D eigenvalue weighted by Gasteiger charge is -2.38. The minimum Gasteiger partial charge on any atom is -0.493 e. The van der Waals surface area contributed by atoms with Crippen LogP contribution in [0.15, 0.2) is 66.7 Å². The molecule has 142 valence electrons. The van der Waals surface area contributed by atoms with Crippen LogP contribution in [-0.4, -0.2) is 20.1 Å². The normalized spacial score (nSPS) is 15.6. The molecule has 0 aliphatic carbocycles. The van der Waals surface area contributed by atoms with Crippen molar-refractivity contribution in [1.82, 2.24) is 0 Å². The second-order valence-electron chi connectivity index (χ2n) is 6.33. The Morgan fingerprint density at radius 2 is 1.68 bits per heavy atom. The van der Waals surface area contributed by atoms with Gasteiger partial charge in [-0.15, -0.1) is 0 Å². The predicted octanol–water partition coefficient (Wildman–Crippen LogP) is 5.13. The third-order valence-corrected chi connectivity index (χ3v) is 5.01. The van der Waals surface area contributed by atoms with Crippen LogP contribution in [0, 0.1) is 0 Å². The molecule has 0 saturated heterocycles. The smallest absolute Gasteiger partial charge is 0.262 e. The van der Waals surface area contributed by atoms with Gasteiger partial charge in [0.2, 0.25) is 0 Å². The number of fused-ring (bicyclic) bond motifs is 1. The van der Waals surface area contributed by atoms with Crippen LogP contribution in [0.5, 0.6) is 11.5 Å². The molecule has 5 nitrogen and oxygen atoms in total. The van der Waals surface area contributed by atoms with Crippen molar-refractivity contribution in [2.24, 2.45) is 0 Å². The summed E-state index contributed by atoms with van der Waals surface area (Å²) >= 11 is 6.05. The molecule has 4 rings (SSSR count). The molecule has 6 heteroatoms. The number of ether oxygens (including phenoxy) is 2. The second kappa shape index (κ2) is 7.44. The van der Waals surface area contributed by atoms with E-state index in [0.29, 0.717) is 22.1 Å². The number of hydrogen-bond acceptors (Lipinski definition) is 4. The maximum atomic E-state index is 13.4. The highest BCUT2D eigenvalue weighted by Crippen LogP contribution is 2.42. The second-order valence-corrected chi connectivity index (χ2v) is 6.76. The van der Waals surface area contributed by atoms with E-state index in [0.717, 1.165) is 16.9 Å². The van der Waals surface area contributed by atoms with Crippen molar-refractivity contribution in [3.63, 3.8) is 0 Å². The number of para-hydroxylation sites is 2. The van der Waals surface area contributed by atoms with Crippen molar-refractivity contribution in [2.45, 2.75) is 6.17 Å². The molecule has 0 aromatic heterocycles. The Bertz CT molecular complexity index is 1020. The van der Waals surface area contributed by atoms with Crippen molar-refractivity contribution >= 4 is 28.9 Å². The van der Waals surface area contributed by atoms with E-state index < -0.39 is 6.17 Å². The number of carbonyl (C=O) groups excluding carboxylic acids is 1. The first-order valence-electron chi connectivity index (χ1n) is 8.79. The highest BCUT2D eigenvalue weighted by atomic mass is 35.5. The van der Waals surface area contributed by atoms with E-state index in [1.807, 2.05) is 54.6 Å². The first-order valence-corrected chi connectivity index (χ1v) is 9.17. The molecular weight excluding hydrogens is 376 g/mol. The Balaban J connectivity index is 1.91. The van der Waals surface area contributed by atoms with Crippen LogP contribution in [0.3, 0.4) is 0 Å². The standard InChI is InChI=1S/C22H19ClN2O3/c1-27-19-9-5-7-17(20(19)28-2)21-24-18-8-4-3-6-16(18)22(26)25(21)15-12-10-14(23)11-13-15/h3-13,21,24H,1-2H3/t21-/m1/s1. The molecule has 1 aliphatic heterocycles. The van der Waals surface area contributed by atoms with Crippen molar-refractivity contribution in [3.8, 4) is 11.5 Å². The number of nitrogens with zero attached hydrogens (tertiary/aromatic N) is 1. The third kappa shape index (κ3) is 3.04. The van der Waals surface area contributed by atoms with Gasteiger partial charge >= 0.3 is 0 Å². The molecule has 0 bridgehead atoms.